The number of fused-ring (bicyclic) bond motifs is 1. The molecule has 1 fully saturated rings. The van der Waals surface area contributed by atoms with Gasteiger partial charge in [-0.2, -0.15) is 0 Å². The third-order valence-corrected chi connectivity index (χ3v) is 4.85. The fourth-order valence-corrected chi connectivity index (χ4v) is 3.37. The lowest BCUT2D eigenvalue weighted by Crippen LogP contribution is -2.36. The minimum Gasteiger partial charge on any atom is -0.376 e. The topological polar surface area (TPSA) is 72.7 Å². The van der Waals surface area contributed by atoms with Gasteiger partial charge < -0.3 is 10.1 Å². The number of carbonyl (C=O) groups is 1. The maximum atomic E-state index is 12.4. The zero-order valence-electron chi connectivity index (χ0n) is 12.0. The third-order valence-electron chi connectivity index (χ3n) is 3.78. The van der Waals surface area contributed by atoms with Crippen molar-refractivity contribution in [1.82, 2.24) is 14.7 Å². The van der Waals surface area contributed by atoms with E-state index in [0.29, 0.717) is 11.5 Å². The van der Waals surface area contributed by atoms with Crippen molar-refractivity contribution in [1.29, 1.82) is 0 Å². The molecule has 3 rings (SSSR count). The molecular formula is C14H17N3O3S. The number of aryl methyl sites for hydroxylation is 2. The van der Waals surface area contributed by atoms with Crippen LogP contribution in [-0.4, -0.2) is 34.5 Å². The number of carbonyl (C=O) groups excluding carboxylic acids is 1. The Labute approximate surface area is 125 Å². The van der Waals surface area contributed by atoms with Crippen LogP contribution in [0, 0.1) is 13.8 Å². The standard InChI is InChI=1S/C14H17N3O3S/c1-8-9(2)21-14-16-7-11(13(19)17(8)14)12(18)15-6-10-4-3-5-20-10/h7,10H,3-6H2,1-2H3,(H,15,18)/t10-/m1/s1. The van der Waals surface area contributed by atoms with Gasteiger partial charge in [-0.1, -0.05) is 0 Å². The molecule has 1 atom stereocenters. The van der Waals surface area contributed by atoms with E-state index >= 15 is 0 Å². The van der Waals surface area contributed by atoms with Crippen LogP contribution in [0.1, 0.15) is 33.8 Å². The van der Waals surface area contributed by atoms with Crippen LogP contribution >= 0.6 is 11.3 Å². The van der Waals surface area contributed by atoms with Gasteiger partial charge in [0.1, 0.15) is 5.56 Å². The smallest absolute Gasteiger partial charge is 0.271 e. The predicted octanol–water partition coefficient (Wildman–Crippen LogP) is 1.28. The lowest BCUT2D eigenvalue weighted by atomic mass is 10.2. The lowest BCUT2D eigenvalue weighted by Gasteiger charge is -2.10. The second-order valence-electron chi connectivity index (χ2n) is 5.18. The number of ether oxygens (including phenoxy) is 1. The molecule has 0 bridgehead atoms. The van der Waals surface area contributed by atoms with Crippen LogP contribution in [0.15, 0.2) is 11.0 Å². The van der Waals surface area contributed by atoms with E-state index in [4.69, 9.17) is 4.74 Å². The molecule has 1 aliphatic heterocycles. The van der Waals surface area contributed by atoms with Crippen LogP contribution in [-0.2, 0) is 4.74 Å². The van der Waals surface area contributed by atoms with E-state index < -0.39 is 0 Å². The largest absolute Gasteiger partial charge is 0.376 e. The number of nitrogens with one attached hydrogen (secondary N) is 1. The molecule has 1 aliphatic rings. The highest BCUT2D eigenvalue weighted by Crippen LogP contribution is 2.18. The fraction of sp³-hybridized carbons (Fsp3) is 0.500. The number of nitrogens with zero attached hydrogens (tertiary/aromatic N) is 2. The molecule has 0 spiro atoms. The van der Waals surface area contributed by atoms with Crippen LogP contribution in [0.4, 0.5) is 0 Å². The van der Waals surface area contributed by atoms with E-state index in [9.17, 15) is 9.59 Å². The molecule has 6 nitrogen and oxygen atoms in total. The molecule has 21 heavy (non-hydrogen) atoms. The van der Waals surface area contributed by atoms with Gasteiger partial charge in [0, 0.05) is 29.9 Å². The Morgan fingerprint density at radius 3 is 3.10 bits per heavy atom. The highest BCUT2D eigenvalue weighted by molar-refractivity contribution is 7.17. The first-order chi connectivity index (χ1) is 10.1. The number of hydrogen-bond acceptors (Lipinski definition) is 5. The number of rotatable bonds is 3. The summed E-state index contributed by atoms with van der Waals surface area (Å²) in [6.45, 7) is 4.97. The maximum absolute atomic E-state index is 12.4. The summed E-state index contributed by atoms with van der Waals surface area (Å²) in [5.41, 5.74) is 0.597. The van der Waals surface area contributed by atoms with Crippen molar-refractivity contribution in [2.45, 2.75) is 32.8 Å². The predicted molar refractivity (Wildman–Crippen MR) is 80.1 cm³/mol. The van der Waals surface area contributed by atoms with Gasteiger partial charge in [-0.25, -0.2) is 4.98 Å². The number of thiazole rings is 1. The molecule has 1 amide bonds. The molecule has 0 radical (unpaired) electrons. The van der Waals surface area contributed by atoms with E-state index in [0.717, 1.165) is 30.0 Å². The Morgan fingerprint density at radius 2 is 2.38 bits per heavy atom. The number of aromatic nitrogens is 2. The third kappa shape index (κ3) is 2.58. The van der Waals surface area contributed by atoms with E-state index in [-0.39, 0.29) is 23.1 Å². The molecule has 2 aromatic rings. The van der Waals surface area contributed by atoms with E-state index in [1.54, 1.807) is 0 Å². The quantitative estimate of drug-likeness (QED) is 0.927. The molecule has 0 saturated carbocycles. The monoisotopic (exact) mass is 307 g/mol. The summed E-state index contributed by atoms with van der Waals surface area (Å²) in [4.78, 5) is 30.5. The molecule has 1 saturated heterocycles. The highest BCUT2D eigenvalue weighted by Gasteiger charge is 2.19. The lowest BCUT2D eigenvalue weighted by molar-refractivity contribution is 0.0856. The van der Waals surface area contributed by atoms with E-state index in [1.165, 1.54) is 21.9 Å². The Hall–Kier alpha value is -1.73. The van der Waals surface area contributed by atoms with Gasteiger partial charge in [0.2, 0.25) is 0 Å². The summed E-state index contributed by atoms with van der Waals surface area (Å²) in [7, 11) is 0. The van der Waals surface area contributed by atoms with Crippen LogP contribution in [0.25, 0.3) is 4.96 Å². The molecule has 2 aromatic heterocycles. The zero-order chi connectivity index (χ0) is 15.0. The summed E-state index contributed by atoms with van der Waals surface area (Å²) in [6, 6.07) is 0. The van der Waals surface area contributed by atoms with E-state index in [1.807, 2.05) is 13.8 Å². The second kappa shape index (κ2) is 5.57. The van der Waals surface area contributed by atoms with E-state index in [2.05, 4.69) is 10.3 Å². The average Bonchev–Trinajstić information content (AvgIpc) is 3.06. The van der Waals surface area contributed by atoms with Crippen LogP contribution in [0.3, 0.4) is 0 Å². The molecule has 0 aromatic carbocycles. The van der Waals surface area contributed by atoms with Crippen LogP contribution < -0.4 is 10.9 Å². The Bertz CT molecular complexity index is 744. The summed E-state index contributed by atoms with van der Waals surface area (Å²) in [5.74, 6) is -0.388. The Balaban J connectivity index is 1.86. The molecule has 7 heteroatoms. The van der Waals surface area contributed by atoms with Crippen molar-refractivity contribution in [3.8, 4) is 0 Å². The van der Waals surface area contributed by atoms with Gasteiger partial charge in [-0.15, -0.1) is 11.3 Å². The summed E-state index contributed by atoms with van der Waals surface area (Å²) >= 11 is 1.45. The first kappa shape index (κ1) is 14.2. The SMILES string of the molecule is Cc1sc2ncc(C(=O)NC[C@H]3CCCO3)c(=O)n2c1C. The Morgan fingerprint density at radius 1 is 1.57 bits per heavy atom. The first-order valence-electron chi connectivity index (χ1n) is 6.95. The average molecular weight is 307 g/mol. The summed E-state index contributed by atoms with van der Waals surface area (Å²) in [5, 5.41) is 2.76. The van der Waals surface area contributed by atoms with Crippen molar-refractivity contribution < 1.29 is 9.53 Å². The first-order valence-corrected chi connectivity index (χ1v) is 7.77. The van der Waals surface area contributed by atoms with Gasteiger partial charge in [0.05, 0.1) is 6.10 Å². The van der Waals surface area contributed by atoms with Crippen molar-refractivity contribution in [2.24, 2.45) is 0 Å². The Kier molecular flexibility index (Phi) is 3.77. The molecule has 3 heterocycles. The van der Waals surface area contributed by atoms with Crippen LogP contribution in [0.5, 0.6) is 0 Å². The maximum Gasteiger partial charge on any atom is 0.271 e. The molecule has 112 valence electrons. The highest BCUT2D eigenvalue weighted by atomic mass is 32.1. The zero-order valence-corrected chi connectivity index (χ0v) is 12.8. The fourth-order valence-electron chi connectivity index (χ4n) is 2.44. The minimum atomic E-state index is -0.388. The van der Waals surface area contributed by atoms with Gasteiger partial charge >= 0.3 is 0 Å². The number of hydrogen-bond donors (Lipinski definition) is 1. The minimum absolute atomic E-state index is 0.0542. The van der Waals surface area contributed by atoms with Gasteiger partial charge in [0.25, 0.3) is 11.5 Å². The summed E-state index contributed by atoms with van der Waals surface area (Å²) < 4.78 is 6.95. The van der Waals surface area contributed by atoms with Crippen LogP contribution in [0.2, 0.25) is 0 Å². The van der Waals surface area contributed by atoms with Crippen molar-refractivity contribution in [3.05, 3.63) is 32.7 Å². The van der Waals surface area contributed by atoms with Gasteiger partial charge in [-0.05, 0) is 26.7 Å². The molecule has 0 unspecified atom stereocenters. The molecular weight excluding hydrogens is 290 g/mol. The molecule has 1 N–H and O–H groups in total. The molecule has 0 aliphatic carbocycles. The van der Waals surface area contributed by atoms with Gasteiger partial charge in [-0.3, -0.25) is 14.0 Å². The van der Waals surface area contributed by atoms with Crippen molar-refractivity contribution in [2.75, 3.05) is 13.2 Å². The van der Waals surface area contributed by atoms with Crippen molar-refractivity contribution >= 4 is 22.2 Å². The summed E-state index contributed by atoms with van der Waals surface area (Å²) in [6.07, 6.45) is 3.37. The van der Waals surface area contributed by atoms with Crippen molar-refractivity contribution in [3.63, 3.8) is 0 Å². The number of amides is 1. The van der Waals surface area contributed by atoms with Gasteiger partial charge in [0.15, 0.2) is 4.96 Å². The second-order valence-corrected chi connectivity index (χ2v) is 6.37. The normalized spacial score (nSPS) is 18.3.